The van der Waals surface area contributed by atoms with E-state index in [1.165, 1.54) is 0 Å². The molecule has 2 atom stereocenters. The number of nitrogens with one attached hydrogen (secondary N) is 2. The van der Waals surface area contributed by atoms with Gasteiger partial charge in [0.15, 0.2) is 5.96 Å². The highest BCUT2D eigenvalue weighted by Gasteiger charge is 2.11. The molecule has 0 spiro atoms. The predicted molar refractivity (Wildman–Crippen MR) is 103 cm³/mol. The molecule has 0 bridgehead atoms. The van der Waals surface area contributed by atoms with Crippen molar-refractivity contribution >= 4 is 16.8 Å². The maximum absolute atomic E-state index is 12.2. The van der Waals surface area contributed by atoms with Crippen molar-refractivity contribution in [2.75, 3.05) is 32.5 Å². The summed E-state index contributed by atoms with van der Waals surface area (Å²) in [5.41, 5.74) is 1.08. The average Bonchev–Trinajstić information content (AvgIpc) is 2.68. The van der Waals surface area contributed by atoms with Gasteiger partial charge in [-0.1, -0.05) is 48.5 Å². The van der Waals surface area contributed by atoms with Crippen molar-refractivity contribution in [1.82, 2.24) is 10.6 Å². The minimum Gasteiger partial charge on any atom is -0.396 e. The highest BCUT2D eigenvalue weighted by atomic mass is 32.2. The van der Waals surface area contributed by atoms with Crippen LogP contribution < -0.4 is 10.6 Å². The summed E-state index contributed by atoms with van der Waals surface area (Å²) in [6.07, 6.45) is 0. The van der Waals surface area contributed by atoms with Gasteiger partial charge in [0.1, 0.15) is 0 Å². The molecule has 2 aromatic rings. The number of nitrogens with zero attached hydrogens (tertiary/aromatic N) is 1. The van der Waals surface area contributed by atoms with Crippen molar-refractivity contribution in [2.24, 2.45) is 4.99 Å². The van der Waals surface area contributed by atoms with E-state index in [4.69, 9.17) is 0 Å². The third-order valence-electron chi connectivity index (χ3n) is 3.82. The standard InChI is InChI=1S/C19H25N3O2S/c1-20-19(21-12-13-25(24)18-10-6-3-7-11-18)22-14-17(15-23)16-8-4-2-5-9-16/h2-11,17,23H,12-15H2,1H3,(H2,20,21,22). The van der Waals surface area contributed by atoms with E-state index in [1.807, 2.05) is 60.7 Å². The van der Waals surface area contributed by atoms with Crippen LogP contribution in [-0.4, -0.2) is 47.8 Å². The Morgan fingerprint density at radius 3 is 2.32 bits per heavy atom. The zero-order chi connectivity index (χ0) is 17.9. The molecule has 0 aromatic heterocycles. The fourth-order valence-corrected chi connectivity index (χ4v) is 3.39. The molecule has 3 N–H and O–H groups in total. The number of benzene rings is 2. The Morgan fingerprint density at radius 1 is 1.08 bits per heavy atom. The molecule has 6 heteroatoms. The van der Waals surface area contributed by atoms with Crippen LogP contribution in [0.15, 0.2) is 70.6 Å². The molecule has 5 nitrogen and oxygen atoms in total. The number of aliphatic imine (C=N–C) groups is 1. The van der Waals surface area contributed by atoms with Gasteiger partial charge in [-0.15, -0.1) is 0 Å². The molecular formula is C19H25N3O2S. The number of aliphatic hydroxyl groups is 1. The van der Waals surface area contributed by atoms with Crippen molar-refractivity contribution < 1.29 is 9.32 Å². The van der Waals surface area contributed by atoms with Gasteiger partial charge in [-0.3, -0.25) is 9.20 Å². The van der Waals surface area contributed by atoms with E-state index in [0.717, 1.165) is 10.5 Å². The van der Waals surface area contributed by atoms with E-state index in [1.54, 1.807) is 7.05 Å². The van der Waals surface area contributed by atoms with Crippen LogP contribution >= 0.6 is 0 Å². The number of guanidine groups is 1. The smallest absolute Gasteiger partial charge is 0.191 e. The Morgan fingerprint density at radius 2 is 1.72 bits per heavy atom. The summed E-state index contributed by atoms with van der Waals surface area (Å²) in [4.78, 5) is 5.00. The molecule has 2 aromatic carbocycles. The molecule has 134 valence electrons. The van der Waals surface area contributed by atoms with Crippen LogP contribution in [0.25, 0.3) is 0 Å². The normalized spacial score (nSPS) is 13.9. The highest BCUT2D eigenvalue weighted by molar-refractivity contribution is 7.85. The number of hydrogen-bond acceptors (Lipinski definition) is 3. The molecule has 25 heavy (non-hydrogen) atoms. The number of hydrogen-bond donors (Lipinski definition) is 3. The van der Waals surface area contributed by atoms with Crippen LogP contribution in [0.1, 0.15) is 11.5 Å². The summed E-state index contributed by atoms with van der Waals surface area (Å²) >= 11 is 0. The van der Waals surface area contributed by atoms with Crippen molar-refractivity contribution in [3.63, 3.8) is 0 Å². The highest BCUT2D eigenvalue weighted by Crippen LogP contribution is 2.13. The second-order valence-electron chi connectivity index (χ2n) is 5.53. The zero-order valence-electron chi connectivity index (χ0n) is 14.4. The lowest BCUT2D eigenvalue weighted by atomic mass is 10.0. The van der Waals surface area contributed by atoms with Gasteiger partial charge in [0, 0.05) is 36.7 Å². The Kier molecular flexibility index (Phi) is 8.15. The molecule has 0 heterocycles. The van der Waals surface area contributed by atoms with Crippen LogP contribution in [0.3, 0.4) is 0 Å². The Hall–Kier alpha value is -2.18. The SMILES string of the molecule is CN=C(NCCS(=O)c1ccccc1)NCC(CO)c1ccccc1. The molecule has 2 unspecified atom stereocenters. The first kappa shape index (κ1) is 19.1. The van der Waals surface area contributed by atoms with Gasteiger partial charge in [0.25, 0.3) is 0 Å². The molecule has 2 rings (SSSR count). The Balaban J connectivity index is 1.78. The van der Waals surface area contributed by atoms with E-state index in [0.29, 0.717) is 24.8 Å². The Labute approximate surface area is 151 Å². The average molecular weight is 359 g/mol. The molecule has 0 aliphatic carbocycles. The fraction of sp³-hybridized carbons (Fsp3) is 0.316. The molecule has 0 saturated carbocycles. The lowest BCUT2D eigenvalue weighted by Crippen LogP contribution is -2.41. The quantitative estimate of drug-likeness (QED) is 0.496. The molecule has 0 fully saturated rings. The summed E-state index contributed by atoms with van der Waals surface area (Å²) in [6.45, 7) is 1.18. The van der Waals surface area contributed by atoms with Gasteiger partial charge in [0.2, 0.25) is 0 Å². The van der Waals surface area contributed by atoms with E-state index < -0.39 is 10.8 Å². The van der Waals surface area contributed by atoms with Gasteiger partial charge in [-0.05, 0) is 17.7 Å². The van der Waals surface area contributed by atoms with Crippen molar-refractivity contribution in [2.45, 2.75) is 10.8 Å². The second kappa shape index (κ2) is 10.6. The van der Waals surface area contributed by atoms with E-state index >= 15 is 0 Å². The van der Waals surface area contributed by atoms with Crippen LogP contribution in [0.2, 0.25) is 0 Å². The van der Waals surface area contributed by atoms with Crippen molar-refractivity contribution in [1.29, 1.82) is 0 Å². The van der Waals surface area contributed by atoms with Crippen LogP contribution in [0.5, 0.6) is 0 Å². The third-order valence-corrected chi connectivity index (χ3v) is 5.19. The van der Waals surface area contributed by atoms with Crippen LogP contribution in [0.4, 0.5) is 0 Å². The minimum absolute atomic E-state index is 0.00167. The van der Waals surface area contributed by atoms with Crippen molar-refractivity contribution in [3.8, 4) is 0 Å². The molecule has 0 aliphatic rings. The topological polar surface area (TPSA) is 73.7 Å². The van der Waals surface area contributed by atoms with E-state index in [2.05, 4.69) is 15.6 Å². The third kappa shape index (κ3) is 6.32. The monoisotopic (exact) mass is 359 g/mol. The molecule has 0 aliphatic heterocycles. The summed E-state index contributed by atoms with van der Waals surface area (Å²) in [7, 11) is 0.663. The van der Waals surface area contributed by atoms with Crippen molar-refractivity contribution in [3.05, 3.63) is 66.2 Å². The van der Waals surface area contributed by atoms with Gasteiger partial charge < -0.3 is 15.7 Å². The first-order chi connectivity index (χ1) is 12.2. The van der Waals surface area contributed by atoms with E-state index in [-0.39, 0.29) is 12.5 Å². The molecule has 0 saturated heterocycles. The first-order valence-electron chi connectivity index (χ1n) is 8.28. The number of aliphatic hydroxyl groups excluding tert-OH is 1. The maximum Gasteiger partial charge on any atom is 0.191 e. The van der Waals surface area contributed by atoms with Crippen LogP contribution in [0, 0.1) is 0 Å². The van der Waals surface area contributed by atoms with Gasteiger partial charge in [-0.2, -0.15) is 0 Å². The Bertz CT molecular complexity index is 678. The summed E-state index contributed by atoms with van der Waals surface area (Å²) in [6, 6.07) is 19.3. The summed E-state index contributed by atoms with van der Waals surface area (Å²) in [5.74, 6) is 1.14. The second-order valence-corrected chi connectivity index (χ2v) is 7.10. The predicted octanol–water partition coefficient (Wildman–Crippen LogP) is 1.74. The molecule has 0 radical (unpaired) electrons. The summed E-state index contributed by atoms with van der Waals surface area (Å²) in [5, 5.41) is 16.0. The minimum atomic E-state index is -1.03. The van der Waals surface area contributed by atoms with Crippen LogP contribution in [-0.2, 0) is 10.8 Å². The van der Waals surface area contributed by atoms with Gasteiger partial charge in [-0.25, -0.2) is 0 Å². The fourth-order valence-electron chi connectivity index (χ4n) is 2.41. The largest absolute Gasteiger partial charge is 0.396 e. The molecular weight excluding hydrogens is 334 g/mol. The van der Waals surface area contributed by atoms with E-state index in [9.17, 15) is 9.32 Å². The lowest BCUT2D eigenvalue weighted by molar-refractivity contribution is 0.265. The summed E-state index contributed by atoms with van der Waals surface area (Å²) < 4.78 is 12.2. The maximum atomic E-state index is 12.2. The molecule has 0 amide bonds. The number of rotatable bonds is 8. The lowest BCUT2D eigenvalue weighted by Gasteiger charge is -2.18. The zero-order valence-corrected chi connectivity index (χ0v) is 15.2. The first-order valence-corrected chi connectivity index (χ1v) is 9.60. The van der Waals surface area contributed by atoms with Gasteiger partial charge in [0.05, 0.1) is 17.4 Å². The van der Waals surface area contributed by atoms with Gasteiger partial charge >= 0.3 is 0 Å².